The molecule has 0 spiro atoms. The summed E-state index contributed by atoms with van der Waals surface area (Å²) in [6.07, 6.45) is 0. The van der Waals surface area contributed by atoms with Gasteiger partial charge in [0.1, 0.15) is 0 Å². The highest BCUT2D eigenvalue weighted by molar-refractivity contribution is 6.36. The lowest BCUT2D eigenvalue weighted by molar-refractivity contribution is 0.0926. The first-order valence-corrected chi connectivity index (χ1v) is 14.7. The Hall–Kier alpha value is -6.76. The van der Waals surface area contributed by atoms with E-state index in [4.69, 9.17) is 0 Å². The second-order valence-corrected chi connectivity index (χ2v) is 11.1. The lowest BCUT2D eigenvalue weighted by atomic mass is 9.97. The van der Waals surface area contributed by atoms with Crippen molar-refractivity contribution in [3.63, 3.8) is 0 Å². The molecule has 46 heavy (non-hydrogen) atoms. The summed E-state index contributed by atoms with van der Waals surface area (Å²) in [5.74, 6) is -0.816. The summed E-state index contributed by atoms with van der Waals surface area (Å²) >= 11 is 0. The molecule has 7 aromatic rings. The van der Waals surface area contributed by atoms with Gasteiger partial charge in [-0.3, -0.25) is 9.59 Å². The molecular weight excluding hydrogens is 568 g/mol. The van der Waals surface area contributed by atoms with Gasteiger partial charge in [-0.25, -0.2) is 4.90 Å². The zero-order valence-electron chi connectivity index (χ0n) is 24.3. The standard InChI is InChI=1S/C40H22N4O2/c41-23-25-14-17-35-32(20-25)33-21-26(24-42)15-18-36(33)43(35)37-13-7-12-30-38(37)40(46)44(39(30)45)34-19-16-29(27-8-3-1-4-9-27)22-31(34)28-10-5-2-6-11-28/h1-22H. The van der Waals surface area contributed by atoms with E-state index in [1.165, 1.54) is 4.90 Å². The van der Waals surface area contributed by atoms with Gasteiger partial charge in [0.2, 0.25) is 0 Å². The van der Waals surface area contributed by atoms with Gasteiger partial charge in [0.15, 0.2) is 0 Å². The molecule has 0 radical (unpaired) electrons. The summed E-state index contributed by atoms with van der Waals surface area (Å²) in [6.45, 7) is 0. The molecule has 6 nitrogen and oxygen atoms in total. The molecule has 0 N–H and O–H groups in total. The number of imide groups is 1. The number of fused-ring (bicyclic) bond motifs is 4. The molecule has 2 amide bonds. The molecule has 1 aliphatic rings. The van der Waals surface area contributed by atoms with Crippen molar-refractivity contribution in [2.45, 2.75) is 0 Å². The van der Waals surface area contributed by atoms with Crippen molar-refractivity contribution in [3.8, 4) is 40.1 Å². The molecule has 2 heterocycles. The molecule has 0 saturated carbocycles. The number of benzene rings is 6. The zero-order valence-corrected chi connectivity index (χ0v) is 24.3. The number of aromatic nitrogens is 1. The number of hydrogen-bond acceptors (Lipinski definition) is 4. The second-order valence-electron chi connectivity index (χ2n) is 11.1. The van der Waals surface area contributed by atoms with Gasteiger partial charge in [0, 0.05) is 16.3 Å². The summed E-state index contributed by atoms with van der Waals surface area (Å²) in [7, 11) is 0. The molecule has 0 aliphatic carbocycles. The zero-order chi connectivity index (χ0) is 31.4. The number of carbonyl (C=O) groups excluding carboxylic acids is 2. The van der Waals surface area contributed by atoms with Crippen LogP contribution in [0.4, 0.5) is 5.69 Å². The monoisotopic (exact) mass is 590 g/mol. The number of nitriles is 2. The van der Waals surface area contributed by atoms with Crippen molar-refractivity contribution in [3.05, 3.63) is 156 Å². The third-order valence-corrected chi connectivity index (χ3v) is 8.59. The minimum absolute atomic E-state index is 0.297. The van der Waals surface area contributed by atoms with E-state index in [0.29, 0.717) is 33.6 Å². The van der Waals surface area contributed by atoms with Crippen LogP contribution < -0.4 is 4.90 Å². The molecule has 0 bridgehead atoms. The Morgan fingerprint density at radius 1 is 0.478 bits per heavy atom. The highest BCUT2D eigenvalue weighted by Crippen LogP contribution is 2.42. The lowest BCUT2D eigenvalue weighted by Crippen LogP contribution is -2.30. The van der Waals surface area contributed by atoms with Crippen molar-refractivity contribution in [1.29, 1.82) is 10.5 Å². The van der Waals surface area contributed by atoms with Crippen LogP contribution in [0.25, 0.3) is 49.7 Å². The Bertz CT molecular complexity index is 2410. The second kappa shape index (κ2) is 10.4. The third-order valence-electron chi connectivity index (χ3n) is 8.59. The van der Waals surface area contributed by atoms with Gasteiger partial charge in [0.05, 0.1) is 56.8 Å². The molecule has 0 atom stereocenters. The predicted octanol–water partition coefficient (Wildman–Crippen LogP) is 8.66. The first kappa shape index (κ1) is 26.8. The molecule has 1 aromatic heterocycles. The van der Waals surface area contributed by atoms with Crippen LogP contribution in [0.5, 0.6) is 0 Å². The van der Waals surface area contributed by atoms with E-state index in [0.717, 1.165) is 44.1 Å². The van der Waals surface area contributed by atoms with Crippen LogP contribution in [0.15, 0.2) is 133 Å². The summed E-state index contributed by atoms with van der Waals surface area (Å²) in [5.41, 5.74) is 7.80. The highest BCUT2D eigenvalue weighted by Gasteiger charge is 2.40. The van der Waals surface area contributed by atoms with E-state index in [1.54, 1.807) is 36.4 Å². The number of nitrogens with zero attached hydrogens (tertiary/aromatic N) is 4. The molecule has 6 aromatic carbocycles. The lowest BCUT2D eigenvalue weighted by Gasteiger charge is -2.20. The maximum atomic E-state index is 14.5. The quantitative estimate of drug-likeness (QED) is 0.192. The van der Waals surface area contributed by atoms with E-state index < -0.39 is 11.8 Å². The van der Waals surface area contributed by atoms with Crippen LogP contribution in [0, 0.1) is 22.7 Å². The first-order chi connectivity index (χ1) is 22.6. The smallest absolute Gasteiger partial charge is 0.268 e. The summed E-state index contributed by atoms with van der Waals surface area (Å²) < 4.78 is 1.94. The van der Waals surface area contributed by atoms with E-state index in [9.17, 15) is 20.1 Å². The summed E-state index contributed by atoms with van der Waals surface area (Å²) in [5, 5.41) is 20.8. The topological polar surface area (TPSA) is 89.9 Å². The fourth-order valence-corrected chi connectivity index (χ4v) is 6.48. The van der Waals surface area contributed by atoms with E-state index >= 15 is 0 Å². The van der Waals surface area contributed by atoms with Gasteiger partial charge < -0.3 is 4.57 Å². The highest BCUT2D eigenvalue weighted by atomic mass is 16.2. The maximum absolute atomic E-state index is 14.5. The van der Waals surface area contributed by atoms with Crippen LogP contribution in [0.2, 0.25) is 0 Å². The molecule has 0 saturated heterocycles. The third kappa shape index (κ3) is 4.02. The van der Waals surface area contributed by atoms with Crippen LogP contribution in [0.1, 0.15) is 31.8 Å². The van der Waals surface area contributed by atoms with E-state index in [-0.39, 0.29) is 0 Å². The van der Waals surface area contributed by atoms with Crippen molar-refractivity contribution in [2.75, 3.05) is 4.90 Å². The Balaban J connectivity index is 1.34. The number of rotatable bonds is 4. The summed E-state index contributed by atoms with van der Waals surface area (Å²) in [6, 6.07) is 46.0. The molecule has 8 rings (SSSR count). The van der Waals surface area contributed by atoms with Crippen molar-refractivity contribution in [1.82, 2.24) is 4.57 Å². The van der Waals surface area contributed by atoms with Gasteiger partial charge in [-0.1, -0.05) is 72.8 Å². The average Bonchev–Trinajstić information content (AvgIpc) is 3.58. The predicted molar refractivity (Wildman–Crippen MR) is 179 cm³/mol. The minimum atomic E-state index is -0.419. The fourth-order valence-electron chi connectivity index (χ4n) is 6.48. The van der Waals surface area contributed by atoms with Crippen molar-refractivity contribution < 1.29 is 9.59 Å². The maximum Gasteiger partial charge on any atom is 0.268 e. The van der Waals surface area contributed by atoms with Crippen LogP contribution in [-0.2, 0) is 0 Å². The van der Waals surface area contributed by atoms with Crippen LogP contribution >= 0.6 is 0 Å². The Morgan fingerprint density at radius 3 is 1.70 bits per heavy atom. The average molecular weight is 591 g/mol. The van der Waals surface area contributed by atoms with Crippen LogP contribution in [-0.4, -0.2) is 16.4 Å². The van der Waals surface area contributed by atoms with E-state index in [2.05, 4.69) is 12.1 Å². The summed E-state index contributed by atoms with van der Waals surface area (Å²) in [4.78, 5) is 30.0. The number of carbonyl (C=O) groups is 2. The fraction of sp³-hybridized carbons (Fsp3) is 0. The SMILES string of the molecule is N#Cc1ccc2c(c1)c1cc(C#N)ccc1n2-c1cccc2c1C(=O)N(c1ccc(-c3ccccc3)cc1-c1ccccc1)C2=O. The normalized spacial score (nSPS) is 12.3. The Morgan fingerprint density at radius 2 is 1.09 bits per heavy atom. The van der Waals surface area contributed by atoms with Gasteiger partial charge in [-0.2, -0.15) is 10.5 Å². The van der Waals surface area contributed by atoms with Gasteiger partial charge in [-0.15, -0.1) is 0 Å². The number of amides is 2. The van der Waals surface area contributed by atoms with Crippen molar-refractivity contribution >= 4 is 39.3 Å². The molecule has 1 aliphatic heterocycles. The molecule has 214 valence electrons. The molecular formula is C40H22N4O2. The van der Waals surface area contributed by atoms with Crippen molar-refractivity contribution in [2.24, 2.45) is 0 Å². The van der Waals surface area contributed by atoms with Crippen LogP contribution in [0.3, 0.4) is 0 Å². The van der Waals surface area contributed by atoms with E-state index in [1.807, 2.05) is 102 Å². The number of anilines is 1. The first-order valence-electron chi connectivity index (χ1n) is 14.7. The van der Waals surface area contributed by atoms with Gasteiger partial charge in [0.25, 0.3) is 11.8 Å². The van der Waals surface area contributed by atoms with Gasteiger partial charge >= 0.3 is 0 Å². The Kier molecular flexibility index (Phi) is 6.10. The molecule has 0 fully saturated rings. The largest absolute Gasteiger partial charge is 0.308 e. The molecule has 0 unspecified atom stereocenters. The minimum Gasteiger partial charge on any atom is -0.308 e. The van der Waals surface area contributed by atoms with Gasteiger partial charge in [-0.05, 0) is 77.4 Å². The Labute approximate surface area is 264 Å². The molecule has 6 heteroatoms. The number of hydrogen-bond donors (Lipinski definition) is 0.